The Hall–Kier alpha value is -1.21. The summed E-state index contributed by atoms with van der Waals surface area (Å²) in [6.07, 6.45) is 1.89. The predicted octanol–water partition coefficient (Wildman–Crippen LogP) is 1.23. The Balaban J connectivity index is 1.57. The maximum absolute atomic E-state index is 13.3. The summed E-state index contributed by atoms with van der Waals surface area (Å²) < 4.78 is 18.6. The fraction of sp³-hybridized carbons (Fsp3) is 0.667. The van der Waals surface area contributed by atoms with Crippen LogP contribution in [-0.2, 0) is 6.54 Å². The summed E-state index contributed by atoms with van der Waals surface area (Å²) in [5.74, 6) is 0.248. The Morgan fingerprint density at radius 3 is 2.58 bits per heavy atom. The summed E-state index contributed by atoms with van der Waals surface area (Å²) in [5.41, 5.74) is 0.936. The first-order valence-electron chi connectivity index (χ1n) is 8.72. The van der Waals surface area contributed by atoms with Crippen molar-refractivity contribution in [2.75, 3.05) is 33.3 Å². The van der Waals surface area contributed by atoms with Gasteiger partial charge in [0, 0.05) is 50.4 Å². The average Bonchev–Trinajstić information content (AvgIpc) is 2.58. The highest BCUT2D eigenvalue weighted by Gasteiger charge is 2.33. The average molecular weight is 338 g/mol. The zero-order valence-corrected chi connectivity index (χ0v) is 14.2. The topological polar surface area (TPSA) is 56.2 Å². The van der Waals surface area contributed by atoms with Crippen molar-refractivity contribution in [2.45, 2.75) is 44.1 Å². The van der Waals surface area contributed by atoms with Gasteiger partial charge in [-0.2, -0.15) is 0 Å². The van der Waals surface area contributed by atoms with E-state index in [1.807, 2.05) is 0 Å². The number of rotatable bonds is 4. The maximum atomic E-state index is 13.3. The van der Waals surface area contributed by atoms with E-state index in [2.05, 4.69) is 9.80 Å². The lowest BCUT2D eigenvalue weighted by Crippen LogP contribution is -2.55. The molecule has 2 aliphatic heterocycles. The van der Waals surface area contributed by atoms with E-state index in [4.69, 9.17) is 4.74 Å². The van der Waals surface area contributed by atoms with E-state index in [-0.39, 0.29) is 18.0 Å². The van der Waals surface area contributed by atoms with Gasteiger partial charge in [-0.15, -0.1) is 0 Å². The van der Waals surface area contributed by atoms with E-state index in [9.17, 15) is 14.6 Å². The zero-order chi connectivity index (χ0) is 17.1. The predicted molar refractivity (Wildman–Crippen MR) is 89.5 cm³/mol. The minimum absolute atomic E-state index is 0.170. The van der Waals surface area contributed by atoms with Gasteiger partial charge >= 0.3 is 0 Å². The first-order chi connectivity index (χ1) is 11.6. The Bertz CT molecular complexity index is 549. The normalized spacial score (nSPS) is 27.3. The third-order valence-electron chi connectivity index (χ3n) is 5.24. The van der Waals surface area contributed by atoms with Crippen LogP contribution in [0.15, 0.2) is 18.2 Å². The summed E-state index contributed by atoms with van der Waals surface area (Å²) in [6.45, 7) is 3.85. The molecule has 5 nitrogen and oxygen atoms in total. The summed E-state index contributed by atoms with van der Waals surface area (Å²) in [6, 6.07) is 4.76. The zero-order valence-electron chi connectivity index (χ0n) is 14.2. The van der Waals surface area contributed by atoms with Crippen molar-refractivity contribution in [3.63, 3.8) is 0 Å². The third-order valence-corrected chi connectivity index (χ3v) is 5.24. The van der Waals surface area contributed by atoms with Crippen molar-refractivity contribution >= 4 is 0 Å². The van der Waals surface area contributed by atoms with Crippen molar-refractivity contribution in [1.29, 1.82) is 0 Å². The second-order valence-corrected chi connectivity index (χ2v) is 6.88. The number of benzene rings is 1. The van der Waals surface area contributed by atoms with Crippen LogP contribution in [0.1, 0.15) is 24.8 Å². The van der Waals surface area contributed by atoms with Crippen molar-refractivity contribution in [1.82, 2.24) is 9.80 Å². The number of aliphatic hydroxyl groups excluding tert-OH is 2. The number of piperidine rings is 2. The molecule has 2 N–H and O–H groups in total. The Morgan fingerprint density at radius 2 is 1.92 bits per heavy atom. The molecule has 0 unspecified atom stereocenters. The molecule has 0 radical (unpaired) electrons. The molecule has 0 amide bonds. The molecule has 134 valence electrons. The van der Waals surface area contributed by atoms with Gasteiger partial charge in [-0.1, -0.05) is 6.07 Å². The number of ether oxygens (including phenoxy) is 1. The molecule has 0 aliphatic carbocycles. The molecule has 0 bridgehead atoms. The van der Waals surface area contributed by atoms with Crippen molar-refractivity contribution < 1.29 is 19.3 Å². The third kappa shape index (κ3) is 4.06. The molecule has 0 spiro atoms. The monoisotopic (exact) mass is 338 g/mol. The number of hydrogen-bond acceptors (Lipinski definition) is 5. The van der Waals surface area contributed by atoms with Crippen LogP contribution >= 0.6 is 0 Å². The minimum atomic E-state index is -0.402. The molecule has 0 aromatic heterocycles. The Kier molecular flexibility index (Phi) is 5.71. The highest BCUT2D eigenvalue weighted by molar-refractivity contribution is 5.34. The smallest absolute Gasteiger partial charge is 0.126 e. The molecule has 1 aromatic rings. The lowest BCUT2D eigenvalue weighted by atomic mass is 9.96. The highest BCUT2D eigenvalue weighted by atomic mass is 19.1. The molecule has 2 saturated heterocycles. The van der Waals surface area contributed by atoms with E-state index >= 15 is 0 Å². The van der Waals surface area contributed by atoms with E-state index in [1.54, 1.807) is 13.2 Å². The van der Waals surface area contributed by atoms with Gasteiger partial charge in [0.25, 0.3) is 0 Å². The van der Waals surface area contributed by atoms with Gasteiger partial charge in [0.05, 0.1) is 19.3 Å². The number of methoxy groups -OCH3 is 1. The highest BCUT2D eigenvalue weighted by Crippen LogP contribution is 2.25. The lowest BCUT2D eigenvalue weighted by molar-refractivity contribution is -0.0356. The van der Waals surface area contributed by atoms with Gasteiger partial charge < -0.3 is 14.9 Å². The molecule has 2 atom stereocenters. The summed E-state index contributed by atoms with van der Waals surface area (Å²) in [4.78, 5) is 4.50. The number of aliphatic hydroxyl groups is 2. The van der Waals surface area contributed by atoms with Crippen LogP contribution in [0, 0.1) is 5.82 Å². The van der Waals surface area contributed by atoms with Crippen LogP contribution in [0.3, 0.4) is 0 Å². The maximum Gasteiger partial charge on any atom is 0.126 e. The molecular weight excluding hydrogens is 311 g/mol. The minimum Gasteiger partial charge on any atom is -0.496 e. The van der Waals surface area contributed by atoms with E-state index in [0.717, 1.165) is 44.5 Å². The van der Waals surface area contributed by atoms with Crippen molar-refractivity contribution in [3.8, 4) is 5.75 Å². The van der Waals surface area contributed by atoms with E-state index in [1.165, 1.54) is 12.1 Å². The van der Waals surface area contributed by atoms with E-state index < -0.39 is 6.10 Å². The molecular formula is C18H27FN2O3. The van der Waals surface area contributed by atoms with Crippen LogP contribution in [0.5, 0.6) is 5.75 Å². The molecule has 6 heteroatoms. The van der Waals surface area contributed by atoms with Crippen LogP contribution in [0.2, 0.25) is 0 Å². The number of halogens is 1. The standard InChI is InChI=1S/C18H27FN2O3/c1-24-18-10-14(19)3-2-13(18)11-20-7-6-16(17(23)12-20)21-8-4-15(22)5-9-21/h2-3,10,15-17,22-23H,4-9,11-12H2,1H3/t16-,17-/m1/s1. The van der Waals surface area contributed by atoms with Crippen molar-refractivity contribution in [3.05, 3.63) is 29.6 Å². The summed E-state index contributed by atoms with van der Waals surface area (Å²) >= 11 is 0. The fourth-order valence-electron chi connectivity index (χ4n) is 3.86. The first-order valence-corrected chi connectivity index (χ1v) is 8.72. The largest absolute Gasteiger partial charge is 0.496 e. The second kappa shape index (κ2) is 7.78. The van der Waals surface area contributed by atoms with Crippen LogP contribution in [0.4, 0.5) is 4.39 Å². The number of hydrogen-bond donors (Lipinski definition) is 2. The van der Waals surface area contributed by atoms with Gasteiger partial charge in [-0.3, -0.25) is 9.80 Å². The number of likely N-dealkylation sites (tertiary alicyclic amines) is 2. The van der Waals surface area contributed by atoms with Gasteiger partial charge in [0.15, 0.2) is 0 Å². The molecule has 0 saturated carbocycles. The quantitative estimate of drug-likeness (QED) is 0.865. The van der Waals surface area contributed by atoms with E-state index in [0.29, 0.717) is 18.8 Å². The van der Waals surface area contributed by atoms with Crippen LogP contribution < -0.4 is 4.74 Å². The number of β-amino-alcohol motifs (C(OH)–C–C–N with tert-alkyl or cyclic N) is 1. The molecule has 2 fully saturated rings. The van der Waals surface area contributed by atoms with Gasteiger partial charge in [0.2, 0.25) is 0 Å². The van der Waals surface area contributed by atoms with Crippen molar-refractivity contribution in [2.24, 2.45) is 0 Å². The SMILES string of the molecule is COc1cc(F)ccc1CN1CC[C@@H](N2CCC(O)CC2)[C@H](O)C1. The molecule has 2 aliphatic rings. The Labute approximate surface area is 142 Å². The summed E-state index contributed by atoms with van der Waals surface area (Å²) in [7, 11) is 1.55. The second-order valence-electron chi connectivity index (χ2n) is 6.88. The van der Waals surface area contributed by atoms with Gasteiger partial charge in [-0.25, -0.2) is 4.39 Å². The molecule has 1 aromatic carbocycles. The fourth-order valence-corrected chi connectivity index (χ4v) is 3.86. The molecule has 24 heavy (non-hydrogen) atoms. The first kappa shape index (κ1) is 17.6. The lowest BCUT2D eigenvalue weighted by Gasteiger charge is -2.43. The molecule has 3 rings (SSSR count). The van der Waals surface area contributed by atoms with Crippen LogP contribution in [-0.4, -0.2) is 71.6 Å². The number of nitrogens with zero attached hydrogens (tertiary/aromatic N) is 2. The Morgan fingerprint density at radius 1 is 1.17 bits per heavy atom. The molecule has 2 heterocycles. The van der Waals surface area contributed by atoms with Gasteiger partial charge in [0.1, 0.15) is 11.6 Å². The van der Waals surface area contributed by atoms with Crippen LogP contribution in [0.25, 0.3) is 0 Å². The summed E-state index contributed by atoms with van der Waals surface area (Å²) in [5, 5.41) is 20.2. The van der Waals surface area contributed by atoms with Gasteiger partial charge in [-0.05, 0) is 25.3 Å².